The van der Waals surface area contributed by atoms with E-state index in [2.05, 4.69) is 34.7 Å². The van der Waals surface area contributed by atoms with Crippen LogP contribution in [0.3, 0.4) is 0 Å². The van der Waals surface area contributed by atoms with E-state index in [1.165, 1.54) is 5.56 Å². The number of fused-ring (bicyclic) bond motifs is 1. The van der Waals surface area contributed by atoms with Crippen LogP contribution in [0.25, 0.3) is 11.0 Å². The number of nitrogens with zero attached hydrogens (tertiary/aromatic N) is 2. The summed E-state index contributed by atoms with van der Waals surface area (Å²) in [6, 6.07) is 16.2. The summed E-state index contributed by atoms with van der Waals surface area (Å²) in [6.07, 6.45) is 2.09. The van der Waals surface area contributed by atoms with Crippen LogP contribution in [0.5, 0.6) is 5.75 Å². The minimum absolute atomic E-state index is 0.517. The predicted molar refractivity (Wildman–Crippen MR) is 101 cm³/mol. The molecule has 0 saturated heterocycles. The molecule has 0 fully saturated rings. The molecular formula is C21H26N2O2. The van der Waals surface area contributed by atoms with E-state index < -0.39 is 6.10 Å². The average Bonchev–Trinajstić information content (AvgIpc) is 3.01. The lowest BCUT2D eigenvalue weighted by Gasteiger charge is -2.13. The fraction of sp³-hybridized carbons (Fsp3) is 0.381. The van der Waals surface area contributed by atoms with Gasteiger partial charge in [-0.1, -0.05) is 36.8 Å². The van der Waals surface area contributed by atoms with Crippen molar-refractivity contribution in [3.05, 3.63) is 59.9 Å². The molecule has 1 aromatic heterocycles. The van der Waals surface area contributed by atoms with Crippen molar-refractivity contribution in [2.75, 3.05) is 6.61 Å². The summed E-state index contributed by atoms with van der Waals surface area (Å²) in [7, 11) is 0. The molecule has 3 aromatic rings. The van der Waals surface area contributed by atoms with Gasteiger partial charge in [-0.05, 0) is 50.5 Å². The standard InChI is InChI=1S/C21H26N2O2/c1-3-20(24)21-22-18-8-4-5-9-19(18)23(21)14-6-7-15-25-17-12-10-16(2)11-13-17/h4-5,8-13,20,24H,3,6-7,14-15H2,1-2H3/t20-/m1/s1. The molecule has 0 saturated carbocycles. The highest BCUT2D eigenvalue weighted by molar-refractivity contribution is 5.76. The predicted octanol–water partition coefficient (Wildman–Crippen LogP) is 4.65. The van der Waals surface area contributed by atoms with Gasteiger partial charge in [-0.2, -0.15) is 0 Å². The highest BCUT2D eigenvalue weighted by Gasteiger charge is 2.16. The first kappa shape index (κ1) is 17.5. The average molecular weight is 338 g/mol. The first-order valence-corrected chi connectivity index (χ1v) is 9.01. The maximum absolute atomic E-state index is 10.3. The van der Waals surface area contributed by atoms with Gasteiger partial charge >= 0.3 is 0 Å². The van der Waals surface area contributed by atoms with E-state index in [0.717, 1.165) is 42.0 Å². The molecule has 0 amide bonds. The third-order valence-electron chi connectivity index (χ3n) is 4.43. The Labute approximate surface area is 149 Å². The number of para-hydroxylation sites is 2. The topological polar surface area (TPSA) is 47.3 Å². The number of aromatic nitrogens is 2. The van der Waals surface area contributed by atoms with Crippen molar-refractivity contribution in [2.45, 2.75) is 45.8 Å². The van der Waals surface area contributed by atoms with Crippen LogP contribution in [0.4, 0.5) is 0 Å². The Morgan fingerprint density at radius 2 is 1.84 bits per heavy atom. The van der Waals surface area contributed by atoms with Gasteiger partial charge in [0.05, 0.1) is 17.6 Å². The van der Waals surface area contributed by atoms with Crippen molar-refractivity contribution >= 4 is 11.0 Å². The summed E-state index contributed by atoms with van der Waals surface area (Å²) in [4.78, 5) is 4.62. The summed E-state index contributed by atoms with van der Waals surface area (Å²) in [5, 5.41) is 10.3. The lowest BCUT2D eigenvalue weighted by molar-refractivity contribution is 0.159. The van der Waals surface area contributed by atoms with Gasteiger partial charge in [-0.15, -0.1) is 0 Å². The number of hydrogen-bond donors (Lipinski definition) is 1. The number of unbranched alkanes of at least 4 members (excludes halogenated alkanes) is 1. The maximum Gasteiger partial charge on any atom is 0.138 e. The van der Waals surface area contributed by atoms with Crippen LogP contribution in [0.2, 0.25) is 0 Å². The summed E-state index contributed by atoms with van der Waals surface area (Å²) in [5.41, 5.74) is 3.27. The zero-order chi connectivity index (χ0) is 17.6. The van der Waals surface area contributed by atoms with Gasteiger partial charge in [0, 0.05) is 6.54 Å². The Kier molecular flexibility index (Phi) is 5.71. The molecule has 0 aliphatic rings. The second kappa shape index (κ2) is 8.17. The quantitative estimate of drug-likeness (QED) is 0.608. The molecule has 1 N–H and O–H groups in total. The van der Waals surface area contributed by atoms with Crippen molar-refractivity contribution in [3.8, 4) is 5.75 Å². The first-order chi connectivity index (χ1) is 12.2. The number of aryl methyl sites for hydroxylation is 2. The summed E-state index contributed by atoms with van der Waals surface area (Å²) < 4.78 is 7.94. The Morgan fingerprint density at radius 1 is 1.08 bits per heavy atom. The molecule has 132 valence electrons. The largest absolute Gasteiger partial charge is 0.494 e. The van der Waals surface area contributed by atoms with Gasteiger partial charge in [-0.3, -0.25) is 0 Å². The van der Waals surface area contributed by atoms with Gasteiger partial charge in [0.25, 0.3) is 0 Å². The maximum atomic E-state index is 10.3. The lowest BCUT2D eigenvalue weighted by atomic mass is 10.2. The minimum Gasteiger partial charge on any atom is -0.494 e. The number of hydrogen-bond acceptors (Lipinski definition) is 3. The van der Waals surface area contributed by atoms with E-state index >= 15 is 0 Å². The fourth-order valence-electron chi connectivity index (χ4n) is 2.96. The molecule has 4 nitrogen and oxygen atoms in total. The van der Waals surface area contributed by atoms with E-state index in [4.69, 9.17) is 4.74 Å². The Bertz CT molecular complexity index is 808. The molecule has 3 rings (SSSR count). The van der Waals surface area contributed by atoms with Crippen LogP contribution < -0.4 is 4.74 Å². The van der Waals surface area contributed by atoms with E-state index in [1.807, 2.05) is 37.3 Å². The van der Waals surface area contributed by atoms with Crippen molar-refractivity contribution in [2.24, 2.45) is 0 Å². The number of imidazole rings is 1. The van der Waals surface area contributed by atoms with E-state index in [-0.39, 0.29) is 0 Å². The first-order valence-electron chi connectivity index (χ1n) is 9.01. The van der Waals surface area contributed by atoms with Crippen molar-refractivity contribution in [3.63, 3.8) is 0 Å². The van der Waals surface area contributed by atoms with Crippen molar-refractivity contribution < 1.29 is 9.84 Å². The van der Waals surface area contributed by atoms with Crippen molar-refractivity contribution in [1.29, 1.82) is 0 Å². The van der Waals surface area contributed by atoms with Gasteiger partial charge in [0.15, 0.2) is 0 Å². The highest BCUT2D eigenvalue weighted by Crippen LogP contribution is 2.23. The number of rotatable bonds is 8. The van der Waals surface area contributed by atoms with Crippen LogP contribution in [-0.2, 0) is 6.54 Å². The van der Waals surface area contributed by atoms with E-state index in [1.54, 1.807) is 0 Å². The van der Waals surface area contributed by atoms with Gasteiger partial charge in [0.1, 0.15) is 17.7 Å². The number of aliphatic hydroxyl groups is 1. The molecular weight excluding hydrogens is 312 g/mol. The smallest absolute Gasteiger partial charge is 0.138 e. The zero-order valence-corrected chi connectivity index (χ0v) is 15.0. The molecule has 1 atom stereocenters. The van der Waals surface area contributed by atoms with Gasteiger partial charge in [0.2, 0.25) is 0 Å². The lowest BCUT2D eigenvalue weighted by Crippen LogP contribution is -2.09. The number of benzene rings is 2. The molecule has 0 unspecified atom stereocenters. The molecule has 0 aliphatic heterocycles. The SMILES string of the molecule is CC[C@@H](O)c1nc2ccccc2n1CCCCOc1ccc(C)cc1. The number of aliphatic hydroxyl groups excluding tert-OH is 1. The van der Waals surface area contributed by atoms with Gasteiger partial charge in [-0.25, -0.2) is 4.98 Å². The summed E-state index contributed by atoms with van der Waals surface area (Å²) >= 11 is 0. The Hall–Kier alpha value is -2.33. The Morgan fingerprint density at radius 3 is 2.60 bits per heavy atom. The highest BCUT2D eigenvalue weighted by atomic mass is 16.5. The van der Waals surface area contributed by atoms with Crippen molar-refractivity contribution in [1.82, 2.24) is 9.55 Å². The molecule has 4 heteroatoms. The van der Waals surface area contributed by atoms with E-state index in [9.17, 15) is 5.11 Å². The third-order valence-corrected chi connectivity index (χ3v) is 4.43. The second-order valence-electron chi connectivity index (χ2n) is 6.40. The molecule has 2 aromatic carbocycles. The molecule has 25 heavy (non-hydrogen) atoms. The monoisotopic (exact) mass is 338 g/mol. The van der Waals surface area contributed by atoms with Gasteiger partial charge < -0.3 is 14.4 Å². The summed E-state index contributed by atoms with van der Waals surface area (Å²) in [5.74, 6) is 1.68. The van der Waals surface area contributed by atoms with Crippen LogP contribution in [0.1, 0.15) is 43.7 Å². The molecule has 1 heterocycles. The van der Waals surface area contributed by atoms with E-state index in [0.29, 0.717) is 13.0 Å². The molecule has 0 radical (unpaired) electrons. The molecule has 0 aliphatic carbocycles. The molecule has 0 bridgehead atoms. The summed E-state index contributed by atoms with van der Waals surface area (Å²) in [6.45, 7) is 5.58. The zero-order valence-electron chi connectivity index (χ0n) is 15.0. The van der Waals surface area contributed by atoms with Crippen LogP contribution >= 0.6 is 0 Å². The molecule has 0 spiro atoms. The number of ether oxygens (including phenoxy) is 1. The van der Waals surface area contributed by atoms with Crippen LogP contribution in [0.15, 0.2) is 48.5 Å². The normalized spacial score (nSPS) is 12.4. The Balaban J connectivity index is 1.59. The second-order valence-corrected chi connectivity index (χ2v) is 6.40. The van der Waals surface area contributed by atoms with Crippen LogP contribution in [0, 0.1) is 6.92 Å². The fourth-order valence-corrected chi connectivity index (χ4v) is 2.96. The third kappa shape index (κ3) is 4.20. The minimum atomic E-state index is -0.517. The van der Waals surface area contributed by atoms with Crippen LogP contribution in [-0.4, -0.2) is 21.3 Å².